The molecule has 1 saturated heterocycles. The molecule has 0 saturated carbocycles. The molecule has 3 rings (SSSR count). The topological polar surface area (TPSA) is 130 Å². The van der Waals surface area contributed by atoms with Gasteiger partial charge in [-0.1, -0.05) is 0 Å². The number of fused-ring (bicyclic) bond motifs is 1. The third-order valence-electron chi connectivity index (χ3n) is 3.63. The number of aromatic nitrogens is 3. The lowest BCUT2D eigenvalue weighted by molar-refractivity contribution is -0.0746. The lowest BCUT2D eigenvalue weighted by Gasteiger charge is -2.20. The van der Waals surface area contributed by atoms with Crippen molar-refractivity contribution in [2.45, 2.75) is 24.0 Å². The van der Waals surface area contributed by atoms with E-state index in [4.69, 9.17) is 15.7 Å². The van der Waals surface area contributed by atoms with Crippen LogP contribution in [-0.2, 0) is 4.74 Å². The minimum absolute atomic E-state index is 0.207. The summed E-state index contributed by atoms with van der Waals surface area (Å²) in [6.07, 6.45) is -3.69. The van der Waals surface area contributed by atoms with Crippen LogP contribution in [0.4, 0.5) is 10.2 Å². The number of ether oxygens (including phenoxy) is 1. The zero-order valence-corrected chi connectivity index (χ0v) is 10.7. The third-order valence-corrected chi connectivity index (χ3v) is 3.63. The number of aliphatic hydroxyl groups excluding tert-OH is 2. The van der Waals surface area contributed by atoms with Gasteiger partial charge in [-0.3, -0.25) is 0 Å². The summed E-state index contributed by atoms with van der Waals surface area (Å²) in [6, 6.07) is 4.73. The van der Waals surface area contributed by atoms with Crippen LogP contribution in [0.3, 0.4) is 0 Å². The van der Waals surface area contributed by atoms with Gasteiger partial charge in [0.15, 0.2) is 12.0 Å². The molecule has 1 aliphatic heterocycles. The maximum Gasteiger partial charge on any atom is 0.206 e. The number of nitrogens with two attached hydrogens (primary N) is 1. The number of alkyl halides is 1. The first kappa shape index (κ1) is 13.7. The molecule has 0 amide bonds. The van der Waals surface area contributed by atoms with Crippen LogP contribution in [0.2, 0.25) is 0 Å². The highest BCUT2D eigenvalue weighted by atomic mass is 19.1. The van der Waals surface area contributed by atoms with Gasteiger partial charge in [-0.25, -0.2) is 13.9 Å². The van der Waals surface area contributed by atoms with Crippen molar-refractivity contribution in [1.82, 2.24) is 14.6 Å². The van der Waals surface area contributed by atoms with E-state index >= 15 is 0 Å². The molecule has 1 aliphatic rings. The molecule has 9 heteroatoms. The van der Waals surface area contributed by atoms with Crippen molar-refractivity contribution in [2.24, 2.45) is 0 Å². The normalized spacial score (nSPS) is 32.4. The number of hydrogen-bond donors (Lipinski definition) is 3. The zero-order chi connectivity index (χ0) is 15.2. The molecule has 1 fully saturated rings. The highest BCUT2D eigenvalue weighted by Gasteiger charge is 2.56. The number of halogens is 1. The molecule has 4 N–H and O–H groups in total. The van der Waals surface area contributed by atoms with Crippen LogP contribution in [-0.4, -0.2) is 49.3 Å². The summed E-state index contributed by atoms with van der Waals surface area (Å²) >= 11 is 0. The average Bonchev–Trinajstić information content (AvgIpc) is 3.02. The molecule has 0 spiro atoms. The highest BCUT2D eigenvalue weighted by molar-refractivity contribution is 5.65. The van der Waals surface area contributed by atoms with Gasteiger partial charge >= 0.3 is 0 Å². The van der Waals surface area contributed by atoms with Crippen molar-refractivity contribution in [3.63, 3.8) is 0 Å². The molecule has 0 aliphatic carbocycles. The van der Waals surface area contributed by atoms with Gasteiger partial charge in [0.05, 0.1) is 12.3 Å². The van der Waals surface area contributed by atoms with Crippen molar-refractivity contribution < 1.29 is 19.3 Å². The summed E-state index contributed by atoms with van der Waals surface area (Å²) in [5.74, 6) is 0.207. The van der Waals surface area contributed by atoms with E-state index in [-0.39, 0.29) is 11.5 Å². The van der Waals surface area contributed by atoms with E-state index in [0.29, 0.717) is 5.52 Å². The number of nitrogens with zero attached hydrogens (tertiary/aromatic N) is 4. The third kappa shape index (κ3) is 1.77. The van der Waals surface area contributed by atoms with Crippen LogP contribution in [0.15, 0.2) is 18.5 Å². The van der Waals surface area contributed by atoms with E-state index in [2.05, 4.69) is 10.1 Å². The first-order valence-electron chi connectivity index (χ1n) is 6.14. The molecular formula is C12H12FN5O3. The van der Waals surface area contributed by atoms with Gasteiger partial charge in [0.25, 0.3) is 0 Å². The molecule has 0 aromatic carbocycles. The first-order chi connectivity index (χ1) is 10.0. The molecule has 2 aromatic rings. The fourth-order valence-corrected chi connectivity index (χ4v) is 2.45. The summed E-state index contributed by atoms with van der Waals surface area (Å²) in [5, 5.41) is 32.1. The van der Waals surface area contributed by atoms with Crippen molar-refractivity contribution in [3.8, 4) is 6.07 Å². The van der Waals surface area contributed by atoms with Gasteiger partial charge in [-0.15, -0.1) is 0 Å². The number of nitrogen functional groups attached to an aromatic ring is 1. The molecule has 8 nitrogen and oxygen atoms in total. The van der Waals surface area contributed by atoms with Crippen LogP contribution in [0, 0.1) is 11.3 Å². The molecule has 3 heterocycles. The maximum absolute atomic E-state index is 14.3. The Morgan fingerprint density at radius 2 is 2.33 bits per heavy atom. The van der Waals surface area contributed by atoms with Crippen LogP contribution < -0.4 is 5.73 Å². The maximum atomic E-state index is 14.3. The fourth-order valence-electron chi connectivity index (χ4n) is 2.45. The Labute approximate surface area is 118 Å². The Morgan fingerprint density at radius 3 is 2.95 bits per heavy atom. The minimum atomic E-state index is -1.99. The van der Waals surface area contributed by atoms with E-state index in [9.17, 15) is 14.6 Å². The van der Waals surface area contributed by atoms with Crippen molar-refractivity contribution in [3.05, 3.63) is 24.2 Å². The first-order valence-corrected chi connectivity index (χ1v) is 6.14. The standard InChI is InChI=1S/C12H12FN5O3/c13-8-9(21-12(3-14,4-19)10(8)20)6-1-2-7-11(15)16-5-17-18(6)7/h1-2,5,8-10,19-20H,4H2,(H2,15,16,17)/t8-,9-,10-,12+/m0/s1. The van der Waals surface area contributed by atoms with Crippen LogP contribution >= 0.6 is 0 Å². The summed E-state index contributed by atoms with van der Waals surface area (Å²) in [7, 11) is 0. The number of anilines is 1. The Balaban J connectivity index is 2.08. The van der Waals surface area contributed by atoms with Crippen molar-refractivity contribution in [1.29, 1.82) is 5.26 Å². The summed E-state index contributed by atoms with van der Waals surface area (Å²) in [4.78, 5) is 3.81. The van der Waals surface area contributed by atoms with E-state index in [0.717, 1.165) is 0 Å². The van der Waals surface area contributed by atoms with E-state index < -0.39 is 30.6 Å². The smallest absolute Gasteiger partial charge is 0.206 e. The molecule has 0 unspecified atom stereocenters. The molecule has 2 aromatic heterocycles. The molecule has 0 radical (unpaired) electrons. The summed E-state index contributed by atoms with van der Waals surface area (Å²) < 4.78 is 21.0. The lowest BCUT2D eigenvalue weighted by Crippen LogP contribution is -2.44. The second-order valence-electron chi connectivity index (χ2n) is 4.79. The predicted octanol–water partition coefficient (Wildman–Crippen LogP) is -0.664. The predicted molar refractivity (Wildman–Crippen MR) is 67.6 cm³/mol. The minimum Gasteiger partial charge on any atom is -0.392 e. The summed E-state index contributed by atoms with van der Waals surface area (Å²) in [6.45, 7) is -0.817. The highest BCUT2D eigenvalue weighted by Crippen LogP contribution is 2.41. The quantitative estimate of drug-likeness (QED) is 0.669. The number of aliphatic hydroxyl groups is 2. The van der Waals surface area contributed by atoms with Gasteiger partial charge in [0, 0.05) is 0 Å². The second-order valence-corrected chi connectivity index (χ2v) is 4.79. The van der Waals surface area contributed by atoms with Gasteiger partial charge in [-0.2, -0.15) is 10.4 Å². The summed E-state index contributed by atoms with van der Waals surface area (Å²) in [5.41, 5.74) is 4.42. The lowest BCUT2D eigenvalue weighted by atomic mass is 9.97. The Hall–Kier alpha value is -2.28. The van der Waals surface area contributed by atoms with Crippen LogP contribution in [0.1, 0.15) is 11.8 Å². The number of nitriles is 1. The van der Waals surface area contributed by atoms with E-state index in [1.807, 2.05) is 0 Å². The molecule has 0 bridgehead atoms. The molecular weight excluding hydrogens is 281 g/mol. The van der Waals surface area contributed by atoms with Gasteiger partial charge in [0.1, 0.15) is 30.1 Å². The Bertz CT molecular complexity index is 729. The fraction of sp³-hybridized carbons (Fsp3) is 0.417. The van der Waals surface area contributed by atoms with E-state index in [1.165, 1.54) is 16.9 Å². The zero-order valence-electron chi connectivity index (χ0n) is 10.7. The number of hydrogen-bond acceptors (Lipinski definition) is 7. The van der Waals surface area contributed by atoms with Crippen molar-refractivity contribution in [2.75, 3.05) is 12.3 Å². The molecule has 4 atom stereocenters. The second kappa shape index (κ2) is 4.63. The van der Waals surface area contributed by atoms with Crippen LogP contribution in [0.25, 0.3) is 5.52 Å². The van der Waals surface area contributed by atoms with Crippen LogP contribution in [0.5, 0.6) is 0 Å². The van der Waals surface area contributed by atoms with Crippen molar-refractivity contribution >= 4 is 11.3 Å². The number of rotatable bonds is 2. The molecule has 110 valence electrons. The van der Waals surface area contributed by atoms with Gasteiger partial charge in [0.2, 0.25) is 5.60 Å². The Kier molecular flexibility index (Phi) is 3.02. The monoisotopic (exact) mass is 293 g/mol. The van der Waals surface area contributed by atoms with Gasteiger partial charge < -0.3 is 20.7 Å². The molecule has 21 heavy (non-hydrogen) atoms. The SMILES string of the molecule is N#C[C@]1(CO)O[C@@H](c2ccc3c(N)ncnn23)[C@H](F)[C@@H]1O. The average molecular weight is 293 g/mol. The van der Waals surface area contributed by atoms with Gasteiger partial charge in [-0.05, 0) is 12.1 Å². The largest absolute Gasteiger partial charge is 0.392 e. The Morgan fingerprint density at radius 1 is 1.57 bits per heavy atom. The van der Waals surface area contributed by atoms with E-state index in [1.54, 1.807) is 12.1 Å².